The Bertz CT molecular complexity index is 465. The van der Waals surface area contributed by atoms with Crippen LogP contribution in [-0.4, -0.2) is 39.3 Å². The molecule has 1 aliphatic heterocycles. The zero-order chi connectivity index (χ0) is 15.8. The Morgan fingerprint density at radius 2 is 1.91 bits per heavy atom. The lowest BCUT2D eigenvalue weighted by molar-refractivity contribution is -0.122. The molecule has 0 radical (unpaired) electrons. The summed E-state index contributed by atoms with van der Waals surface area (Å²) < 4.78 is 5.38. The van der Waals surface area contributed by atoms with Crippen LogP contribution in [0.2, 0.25) is 0 Å². The number of rotatable bonds is 7. The topological polar surface area (TPSA) is 50.4 Å². The number of hydrogen-bond donors (Lipinski definition) is 2. The van der Waals surface area contributed by atoms with Crippen LogP contribution in [0.5, 0.6) is 0 Å². The molecule has 1 saturated heterocycles. The van der Waals surface area contributed by atoms with E-state index in [9.17, 15) is 4.79 Å². The van der Waals surface area contributed by atoms with Gasteiger partial charge >= 0.3 is 0 Å². The Labute approximate surface area is 145 Å². The summed E-state index contributed by atoms with van der Waals surface area (Å²) in [6, 6.07) is 8.38. The van der Waals surface area contributed by atoms with Crippen LogP contribution in [0.1, 0.15) is 30.4 Å². The van der Waals surface area contributed by atoms with Crippen molar-refractivity contribution in [3.8, 4) is 0 Å². The molecule has 0 saturated carbocycles. The number of amides is 1. The van der Waals surface area contributed by atoms with E-state index < -0.39 is 0 Å². The summed E-state index contributed by atoms with van der Waals surface area (Å²) in [6.07, 6.45) is 3.45. The first-order valence-electron chi connectivity index (χ1n) is 8.15. The maximum Gasteiger partial charge on any atom is 0.220 e. The van der Waals surface area contributed by atoms with Crippen LogP contribution in [0.25, 0.3) is 0 Å². The van der Waals surface area contributed by atoms with Gasteiger partial charge in [0.1, 0.15) is 0 Å². The number of halogens is 1. The van der Waals surface area contributed by atoms with E-state index in [4.69, 9.17) is 4.74 Å². The quantitative estimate of drug-likeness (QED) is 0.801. The van der Waals surface area contributed by atoms with Crippen molar-refractivity contribution >= 4 is 18.3 Å². The fourth-order valence-electron chi connectivity index (χ4n) is 3.02. The third-order valence-electron chi connectivity index (χ3n) is 4.54. The predicted molar refractivity (Wildman–Crippen MR) is 96.2 cm³/mol. The summed E-state index contributed by atoms with van der Waals surface area (Å²) >= 11 is 0. The fraction of sp³-hybridized carbons (Fsp3) is 0.611. The van der Waals surface area contributed by atoms with Gasteiger partial charge in [0.25, 0.3) is 0 Å². The second kappa shape index (κ2) is 9.91. The lowest BCUT2D eigenvalue weighted by atomic mass is 9.79. The molecule has 0 aromatic heterocycles. The van der Waals surface area contributed by atoms with Crippen molar-refractivity contribution in [3.63, 3.8) is 0 Å². The molecule has 1 fully saturated rings. The number of ether oxygens (including phenoxy) is 1. The standard InChI is InChI=1S/C18H28N2O2.ClH/c1-15-3-5-16(6-4-15)7-8-17(21)20-13-18(14-22-2)9-11-19-12-10-18;/h3-6,19H,7-14H2,1-2H3,(H,20,21);1H. The molecule has 0 aliphatic carbocycles. The van der Waals surface area contributed by atoms with Gasteiger partial charge in [-0.25, -0.2) is 0 Å². The van der Waals surface area contributed by atoms with E-state index in [-0.39, 0.29) is 23.7 Å². The zero-order valence-corrected chi connectivity index (χ0v) is 15.0. The van der Waals surface area contributed by atoms with Crippen LogP contribution >= 0.6 is 12.4 Å². The molecule has 0 atom stereocenters. The van der Waals surface area contributed by atoms with Crippen molar-refractivity contribution in [1.29, 1.82) is 0 Å². The second-order valence-corrected chi connectivity index (χ2v) is 6.45. The maximum atomic E-state index is 12.1. The molecule has 2 N–H and O–H groups in total. The Hall–Kier alpha value is -1.10. The molecular weight excluding hydrogens is 312 g/mol. The smallest absolute Gasteiger partial charge is 0.220 e. The normalized spacial score (nSPS) is 16.4. The SMILES string of the molecule is COCC1(CNC(=O)CCc2ccc(C)cc2)CCNCC1.Cl. The molecule has 1 aromatic carbocycles. The number of carbonyl (C=O) groups excluding carboxylic acids is 1. The van der Waals surface area contributed by atoms with E-state index in [0.717, 1.165) is 38.9 Å². The van der Waals surface area contributed by atoms with Crippen LogP contribution in [0.3, 0.4) is 0 Å². The molecule has 1 aliphatic rings. The van der Waals surface area contributed by atoms with Crippen molar-refractivity contribution in [1.82, 2.24) is 10.6 Å². The van der Waals surface area contributed by atoms with Gasteiger partial charge in [-0.15, -0.1) is 12.4 Å². The molecule has 23 heavy (non-hydrogen) atoms. The van der Waals surface area contributed by atoms with E-state index in [2.05, 4.69) is 41.8 Å². The van der Waals surface area contributed by atoms with Crippen molar-refractivity contribution < 1.29 is 9.53 Å². The van der Waals surface area contributed by atoms with Gasteiger partial charge in [-0.3, -0.25) is 4.79 Å². The summed E-state index contributed by atoms with van der Waals surface area (Å²) in [7, 11) is 1.74. The lowest BCUT2D eigenvalue weighted by Crippen LogP contribution is -2.47. The highest BCUT2D eigenvalue weighted by Crippen LogP contribution is 2.28. The second-order valence-electron chi connectivity index (χ2n) is 6.45. The third-order valence-corrected chi connectivity index (χ3v) is 4.54. The van der Waals surface area contributed by atoms with Gasteiger partial charge in [0.15, 0.2) is 0 Å². The predicted octanol–water partition coefficient (Wildman–Crippen LogP) is 2.48. The van der Waals surface area contributed by atoms with Crippen molar-refractivity contribution in [2.75, 3.05) is 33.4 Å². The van der Waals surface area contributed by atoms with Gasteiger partial charge < -0.3 is 15.4 Å². The molecular formula is C18H29ClN2O2. The highest BCUT2D eigenvalue weighted by Gasteiger charge is 2.32. The van der Waals surface area contributed by atoms with Gasteiger partial charge in [-0.2, -0.15) is 0 Å². The monoisotopic (exact) mass is 340 g/mol. The van der Waals surface area contributed by atoms with Crippen LogP contribution in [0.15, 0.2) is 24.3 Å². The summed E-state index contributed by atoms with van der Waals surface area (Å²) in [5, 5.41) is 6.48. The van der Waals surface area contributed by atoms with Crippen LogP contribution in [0.4, 0.5) is 0 Å². The zero-order valence-electron chi connectivity index (χ0n) is 14.2. The minimum Gasteiger partial charge on any atom is -0.384 e. The van der Waals surface area contributed by atoms with Gasteiger partial charge in [0, 0.05) is 25.5 Å². The summed E-state index contributed by atoms with van der Waals surface area (Å²) in [4.78, 5) is 12.1. The van der Waals surface area contributed by atoms with Crippen LogP contribution in [-0.2, 0) is 16.0 Å². The van der Waals surface area contributed by atoms with Crippen molar-refractivity contribution in [2.24, 2.45) is 5.41 Å². The number of piperidine rings is 1. The molecule has 130 valence electrons. The van der Waals surface area contributed by atoms with Gasteiger partial charge in [0.2, 0.25) is 5.91 Å². The minimum atomic E-state index is 0. The number of aryl methyl sites for hydroxylation is 2. The highest BCUT2D eigenvalue weighted by atomic mass is 35.5. The molecule has 1 heterocycles. The van der Waals surface area contributed by atoms with Crippen LogP contribution < -0.4 is 10.6 Å². The Balaban J connectivity index is 0.00000264. The third kappa shape index (κ3) is 6.50. The first kappa shape index (κ1) is 19.9. The molecule has 2 rings (SSSR count). The van der Waals surface area contributed by atoms with E-state index in [1.165, 1.54) is 11.1 Å². The lowest BCUT2D eigenvalue weighted by Gasteiger charge is -2.37. The number of carbonyl (C=O) groups is 1. The summed E-state index contributed by atoms with van der Waals surface area (Å²) in [6.45, 7) is 5.51. The van der Waals surface area contributed by atoms with Crippen molar-refractivity contribution in [3.05, 3.63) is 35.4 Å². The molecule has 1 aromatic rings. The maximum absolute atomic E-state index is 12.1. The van der Waals surface area contributed by atoms with E-state index in [1.54, 1.807) is 7.11 Å². The molecule has 5 heteroatoms. The largest absolute Gasteiger partial charge is 0.384 e. The molecule has 1 amide bonds. The molecule has 0 spiro atoms. The average Bonchev–Trinajstić information content (AvgIpc) is 2.54. The van der Waals surface area contributed by atoms with Gasteiger partial charge in [0.05, 0.1) is 6.61 Å². The number of benzene rings is 1. The molecule has 4 nitrogen and oxygen atoms in total. The molecule has 0 unspecified atom stereocenters. The van der Waals surface area contributed by atoms with E-state index >= 15 is 0 Å². The van der Waals surface area contributed by atoms with Crippen LogP contribution in [0, 0.1) is 12.3 Å². The number of nitrogens with one attached hydrogen (secondary N) is 2. The highest BCUT2D eigenvalue weighted by molar-refractivity contribution is 5.85. The van der Waals surface area contributed by atoms with E-state index in [0.29, 0.717) is 13.0 Å². The minimum absolute atomic E-state index is 0. The number of hydrogen-bond acceptors (Lipinski definition) is 3. The van der Waals surface area contributed by atoms with Gasteiger partial charge in [-0.1, -0.05) is 29.8 Å². The van der Waals surface area contributed by atoms with E-state index in [1.807, 2.05) is 0 Å². The fourth-order valence-corrected chi connectivity index (χ4v) is 3.02. The van der Waals surface area contributed by atoms with Gasteiger partial charge in [-0.05, 0) is 44.8 Å². The first-order valence-corrected chi connectivity index (χ1v) is 8.15. The van der Waals surface area contributed by atoms with Crippen molar-refractivity contribution in [2.45, 2.75) is 32.6 Å². The number of methoxy groups -OCH3 is 1. The Morgan fingerprint density at radius 3 is 2.52 bits per heavy atom. The summed E-state index contributed by atoms with van der Waals surface area (Å²) in [5.41, 5.74) is 2.56. The average molecular weight is 341 g/mol. The first-order chi connectivity index (χ1) is 10.6. The Kier molecular flexibility index (Phi) is 8.59. The summed E-state index contributed by atoms with van der Waals surface area (Å²) in [5.74, 6) is 0.134. The Morgan fingerprint density at radius 1 is 1.26 bits per heavy atom. The molecule has 0 bridgehead atoms.